The third-order valence-electron chi connectivity index (χ3n) is 3.94. The minimum atomic E-state index is -3.49. The normalized spacial score (nSPS) is 16.6. The molecule has 1 aromatic heterocycles. The lowest BCUT2D eigenvalue weighted by atomic mass is 9.90. The Hall–Kier alpha value is -1.37. The van der Waals surface area contributed by atoms with Crippen LogP contribution in [0.5, 0.6) is 5.88 Å². The van der Waals surface area contributed by atoms with Gasteiger partial charge in [0.25, 0.3) is 5.16 Å². The van der Waals surface area contributed by atoms with E-state index in [-0.39, 0.29) is 22.6 Å². The van der Waals surface area contributed by atoms with E-state index in [0.29, 0.717) is 18.9 Å². The number of hydrogen-bond acceptors (Lipinski definition) is 6. The van der Waals surface area contributed by atoms with Gasteiger partial charge in [-0.3, -0.25) is 0 Å². The Balaban J connectivity index is 2.05. The highest BCUT2D eigenvalue weighted by Gasteiger charge is 2.20. The minimum Gasteiger partial charge on any atom is -0.477 e. The van der Waals surface area contributed by atoms with Crippen LogP contribution in [-0.2, 0) is 9.84 Å². The van der Waals surface area contributed by atoms with Gasteiger partial charge in [-0.1, -0.05) is 32.6 Å². The molecule has 22 heavy (non-hydrogen) atoms. The number of nitrogen functional groups attached to an aromatic ring is 1. The van der Waals surface area contributed by atoms with E-state index >= 15 is 0 Å². The summed E-state index contributed by atoms with van der Waals surface area (Å²) in [4.78, 5) is 7.89. The smallest absolute Gasteiger partial charge is 0.252 e. The molecule has 0 bridgehead atoms. The van der Waals surface area contributed by atoms with Crippen molar-refractivity contribution in [3.63, 3.8) is 0 Å². The molecule has 0 radical (unpaired) electrons. The van der Waals surface area contributed by atoms with Crippen LogP contribution in [0.25, 0.3) is 0 Å². The van der Waals surface area contributed by atoms with Crippen LogP contribution >= 0.6 is 0 Å². The van der Waals surface area contributed by atoms with E-state index in [1.54, 1.807) is 0 Å². The maximum atomic E-state index is 12.2. The molecule has 2 N–H and O–H groups in total. The Bertz CT molecular complexity index is 584. The van der Waals surface area contributed by atoms with Crippen molar-refractivity contribution < 1.29 is 13.2 Å². The van der Waals surface area contributed by atoms with Gasteiger partial charge in [-0.05, 0) is 25.2 Å². The minimum absolute atomic E-state index is 0.0367. The quantitative estimate of drug-likeness (QED) is 0.773. The summed E-state index contributed by atoms with van der Waals surface area (Å²) >= 11 is 0. The number of rotatable bonds is 7. The summed E-state index contributed by atoms with van der Waals surface area (Å²) < 4.78 is 30.0. The Labute approximate surface area is 132 Å². The average Bonchev–Trinajstić information content (AvgIpc) is 2.51. The van der Waals surface area contributed by atoms with E-state index in [9.17, 15) is 8.42 Å². The molecule has 0 aliphatic heterocycles. The lowest BCUT2D eigenvalue weighted by Crippen LogP contribution is -2.17. The number of ether oxygens (including phenoxy) is 1. The van der Waals surface area contributed by atoms with Crippen LogP contribution in [-0.4, -0.2) is 30.7 Å². The van der Waals surface area contributed by atoms with Crippen molar-refractivity contribution in [3.8, 4) is 5.88 Å². The van der Waals surface area contributed by atoms with Crippen LogP contribution < -0.4 is 10.5 Å². The van der Waals surface area contributed by atoms with Gasteiger partial charge >= 0.3 is 0 Å². The SMILES string of the molecule is CCCCS(=O)(=O)c1nc(N)cc(OCC2CCCCC2)n1. The van der Waals surface area contributed by atoms with Crippen LogP contribution in [0.15, 0.2) is 11.2 Å². The molecular weight excluding hydrogens is 302 g/mol. The predicted octanol–water partition coefficient (Wildman–Crippen LogP) is 2.59. The second kappa shape index (κ2) is 7.76. The van der Waals surface area contributed by atoms with Gasteiger partial charge in [-0.2, -0.15) is 4.98 Å². The first-order chi connectivity index (χ1) is 10.5. The highest BCUT2D eigenvalue weighted by molar-refractivity contribution is 7.91. The second-order valence-electron chi connectivity index (χ2n) is 5.90. The Morgan fingerprint density at radius 2 is 2.00 bits per heavy atom. The van der Waals surface area contributed by atoms with Gasteiger partial charge in [0, 0.05) is 6.07 Å². The predicted molar refractivity (Wildman–Crippen MR) is 85.5 cm³/mol. The molecule has 0 aromatic carbocycles. The Morgan fingerprint density at radius 3 is 2.68 bits per heavy atom. The topological polar surface area (TPSA) is 95.2 Å². The van der Waals surface area contributed by atoms with Crippen LogP contribution in [0, 0.1) is 5.92 Å². The highest BCUT2D eigenvalue weighted by Crippen LogP contribution is 2.25. The molecule has 6 nitrogen and oxygen atoms in total. The molecule has 1 heterocycles. The lowest BCUT2D eigenvalue weighted by molar-refractivity contribution is 0.201. The standard InChI is InChI=1S/C15H25N3O3S/c1-2-3-9-22(19,20)15-17-13(16)10-14(18-15)21-11-12-7-5-4-6-8-12/h10,12H,2-9,11H2,1H3,(H2,16,17,18). The number of hydrogen-bond donors (Lipinski definition) is 1. The largest absolute Gasteiger partial charge is 0.477 e. The lowest BCUT2D eigenvalue weighted by Gasteiger charge is -2.21. The monoisotopic (exact) mass is 327 g/mol. The molecule has 1 aromatic rings. The third kappa shape index (κ3) is 4.83. The summed E-state index contributed by atoms with van der Waals surface area (Å²) in [6, 6.07) is 1.49. The summed E-state index contributed by atoms with van der Waals surface area (Å²) in [7, 11) is -3.49. The molecule has 0 spiro atoms. The van der Waals surface area contributed by atoms with Crippen molar-refractivity contribution in [1.82, 2.24) is 9.97 Å². The Morgan fingerprint density at radius 1 is 1.27 bits per heavy atom. The molecule has 124 valence electrons. The van der Waals surface area contributed by atoms with E-state index < -0.39 is 9.84 Å². The second-order valence-corrected chi connectivity index (χ2v) is 7.90. The molecule has 0 atom stereocenters. The van der Waals surface area contributed by atoms with E-state index in [0.717, 1.165) is 19.3 Å². The Kier molecular flexibility index (Phi) is 5.99. The van der Waals surface area contributed by atoms with Crippen molar-refractivity contribution in [1.29, 1.82) is 0 Å². The number of unbranched alkanes of at least 4 members (excludes halogenated alkanes) is 1. The molecule has 1 aliphatic carbocycles. The molecule has 0 amide bonds. The summed E-state index contributed by atoms with van der Waals surface area (Å²) in [6.45, 7) is 2.50. The molecule has 1 aliphatic rings. The highest BCUT2D eigenvalue weighted by atomic mass is 32.2. The first-order valence-corrected chi connectivity index (χ1v) is 9.66. The fourth-order valence-corrected chi connectivity index (χ4v) is 3.94. The van der Waals surface area contributed by atoms with Crippen molar-refractivity contribution in [2.45, 2.75) is 57.0 Å². The summed E-state index contributed by atoms with van der Waals surface area (Å²) in [5.74, 6) is 0.941. The molecular formula is C15H25N3O3S. The number of nitrogens with two attached hydrogens (primary N) is 1. The van der Waals surface area contributed by atoms with E-state index in [1.807, 2.05) is 6.92 Å². The zero-order valence-electron chi connectivity index (χ0n) is 13.1. The van der Waals surface area contributed by atoms with Gasteiger partial charge in [0.2, 0.25) is 15.7 Å². The van der Waals surface area contributed by atoms with Crippen LogP contribution in [0.3, 0.4) is 0 Å². The molecule has 0 saturated heterocycles. The number of aromatic nitrogens is 2. The first kappa shape index (κ1) is 17.0. The van der Waals surface area contributed by atoms with Gasteiger partial charge < -0.3 is 10.5 Å². The maximum Gasteiger partial charge on any atom is 0.252 e. The molecule has 1 saturated carbocycles. The van der Waals surface area contributed by atoms with Crippen molar-refractivity contribution in [3.05, 3.63) is 6.07 Å². The molecule has 2 rings (SSSR count). The van der Waals surface area contributed by atoms with Crippen molar-refractivity contribution >= 4 is 15.7 Å². The maximum absolute atomic E-state index is 12.2. The van der Waals surface area contributed by atoms with Gasteiger partial charge in [0.15, 0.2) is 0 Å². The van der Waals surface area contributed by atoms with Crippen molar-refractivity contribution in [2.24, 2.45) is 5.92 Å². The van der Waals surface area contributed by atoms with Crippen LogP contribution in [0.4, 0.5) is 5.82 Å². The van der Waals surface area contributed by atoms with Gasteiger partial charge in [-0.15, -0.1) is 0 Å². The zero-order valence-corrected chi connectivity index (χ0v) is 13.9. The van der Waals surface area contributed by atoms with Gasteiger partial charge in [0.1, 0.15) is 5.82 Å². The number of sulfone groups is 1. The van der Waals surface area contributed by atoms with Crippen molar-refractivity contribution in [2.75, 3.05) is 18.1 Å². The van der Waals surface area contributed by atoms with Gasteiger partial charge in [0.05, 0.1) is 12.4 Å². The number of nitrogens with zero attached hydrogens (tertiary/aromatic N) is 2. The fourth-order valence-electron chi connectivity index (χ4n) is 2.62. The molecule has 1 fully saturated rings. The van der Waals surface area contributed by atoms with Crippen LogP contribution in [0.2, 0.25) is 0 Å². The zero-order chi connectivity index (χ0) is 16.0. The summed E-state index contributed by atoms with van der Waals surface area (Å²) in [6.07, 6.45) is 7.44. The first-order valence-electron chi connectivity index (χ1n) is 8.01. The van der Waals surface area contributed by atoms with E-state index in [1.165, 1.54) is 25.3 Å². The van der Waals surface area contributed by atoms with Crippen LogP contribution in [0.1, 0.15) is 51.9 Å². The molecule has 7 heteroatoms. The van der Waals surface area contributed by atoms with E-state index in [2.05, 4.69) is 9.97 Å². The fraction of sp³-hybridized carbons (Fsp3) is 0.733. The molecule has 0 unspecified atom stereocenters. The van der Waals surface area contributed by atoms with E-state index in [4.69, 9.17) is 10.5 Å². The summed E-state index contributed by atoms with van der Waals surface area (Å²) in [5, 5.41) is -0.223. The van der Waals surface area contributed by atoms with Gasteiger partial charge in [-0.25, -0.2) is 13.4 Å². The average molecular weight is 327 g/mol. The number of anilines is 1. The third-order valence-corrected chi connectivity index (χ3v) is 5.50. The summed E-state index contributed by atoms with van der Waals surface area (Å²) in [5.41, 5.74) is 5.70.